The molecule has 0 aromatic heterocycles. The van der Waals surface area contributed by atoms with Crippen LogP contribution in [0.1, 0.15) is 32.4 Å². The molecule has 0 aliphatic heterocycles. The van der Waals surface area contributed by atoms with E-state index in [-0.39, 0.29) is 12.3 Å². The van der Waals surface area contributed by atoms with E-state index in [1.54, 1.807) is 91.0 Å². The maximum absolute atomic E-state index is 12.9. The Bertz CT molecular complexity index is 1070. The van der Waals surface area contributed by atoms with Gasteiger partial charge in [-0.15, -0.1) is 0 Å². The summed E-state index contributed by atoms with van der Waals surface area (Å²) in [7, 11) is 0. The van der Waals surface area contributed by atoms with Gasteiger partial charge in [0.2, 0.25) is 11.7 Å². The van der Waals surface area contributed by atoms with E-state index >= 15 is 0 Å². The summed E-state index contributed by atoms with van der Waals surface area (Å²) >= 11 is 0. The van der Waals surface area contributed by atoms with Crippen LogP contribution in [0.4, 0.5) is 0 Å². The Hall–Kier alpha value is -4.26. The van der Waals surface area contributed by atoms with Crippen molar-refractivity contribution in [2.45, 2.75) is 6.10 Å². The molecule has 0 aliphatic rings. The van der Waals surface area contributed by atoms with Crippen molar-refractivity contribution >= 4 is 23.6 Å². The first-order valence-electron chi connectivity index (χ1n) is 9.98. The van der Waals surface area contributed by atoms with E-state index in [0.29, 0.717) is 16.7 Å². The quantitative estimate of drug-likeness (QED) is 0.402. The summed E-state index contributed by atoms with van der Waals surface area (Å²) in [4.78, 5) is 49.2. The van der Waals surface area contributed by atoms with Crippen molar-refractivity contribution in [2.24, 2.45) is 0 Å². The van der Waals surface area contributed by atoms with Gasteiger partial charge in [-0.1, -0.05) is 78.9 Å². The molecule has 1 atom stereocenters. The second-order valence-electron chi connectivity index (χ2n) is 6.84. The molecule has 3 aromatic rings. The number of carbonyl (C=O) groups excluding carboxylic acids is 4. The first kappa shape index (κ1) is 22.4. The summed E-state index contributed by atoms with van der Waals surface area (Å²) in [6.45, 7) is -0.739. The first-order chi connectivity index (χ1) is 15.5. The van der Waals surface area contributed by atoms with E-state index in [2.05, 4.69) is 10.6 Å². The number of ketones is 1. The lowest BCUT2D eigenvalue weighted by Gasteiger charge is -2.17. The molecule has 32 heavy (non-hydrogen) atoms. The monoisotopic (exact) mass is 430 g/mol. The molecule has 0 aliphatic carbocycles. The van der Waals surface area contributed by atoms with E-state index in [0.717, 1.165) is 0 Å². The zero-order chi connectivity index (χ0) is 22.8. The van der Waals surface area contributed by atoms with Gasteiger partial charge >= 0.3 is 5.97 Å². The SMILES string of the molecule is O=C(CNC(=O)c1ccccc1)NCC(=O)O[C@H](C(=O)c1ccccc1)c1ccccc1. The molecule has 0 saturated carbocycles. The van der Waals surface area contributed by atoms with Gasteiger partial charge in [0, 0.05) is 16.7 Å². The minimum atomic E-state index is -1.14. The molecule has 3 aromatic carbocycles. The zero-order valence-electron chi connectivity index (χ0n) is 17.2. The maximum Gasteiger partial charge on any atom is 0.326 e. The normalized spacial score (nSPS) is 11.1. The Balaban J connectivity index is 1.55. The molecule has 2 amide bonds. The van der Waals surface area contributed by atoms with Gasteiger partial charge in [0.25, 0.3) is 5.91 Å². The number of ether oxygens (including phenoxy) is 1. The van der Waals surface area contributed by atoms with Gasteiger partial charge in [0.1, 0.15) is 6.54 Å². The fourth-order valence-corrected chi connectivity index (χ4v) is 2.91. The van der Waals surface area contributed by atoms with Crippen LogP contribution in [0.15, 0.2) is 91.0 Å². The van der Waals surface area contributed by atoms with Crippen LogP contribution >= 0.6 is 0 Å². The van der Waals surface area contributed by atoms with Gasteiger partial charge in [0.15, 0.2) is 6.10 Å². The van der Waals surface area contributed by atoms with Crippen molar-refractivity contribution in [1.29, 1.82) is 0 Å². The molecule has 0 radical (unpaired) electrons. The number of esters is 1. The molecule has 0 unspecified atom stereocenters. The third-order valence-corrected chi connectivity index (χ3v) is 4.52. The largest absolute Gasteiger partial charge is 0.448 e. The predicted octanol–water partition coefficient (Wildman–Crippen LogP) is 2.70. The average Bonchev–Trinajstić information content (AvgIpc) is 2.85. The summed E-state index contributed by atoms with van der Waals surface area (Å²) in [6, 6.07) is 25.6. The van der Waals surface area contributed by atoms with E-state index in [4.69, 9.17) is 4.74 Å². The minimum absolute atomic E-state index is 0.300. The Morgan fingerprint density at radius 1 is 0.656 bits per heavy atom. The number of hydrogen-bond acceptors (Lipinski definition) is 5. The van der Waals surface area contributed by atoms with E-state index < -0.39 is 30.4 Å². The summed E-state index contributed by atoms with van der Waals surface area (Å²) in [5, 5.41) is 4.86. The minimum Gasteiger partial charge on any atom is -0.448 e. The van der Waals surface area contributed by atoms with Gasteiger partial charge < -0.3 is 15.4 Å². The van der Waals surface area contributed by atoms with Gasteiger partial charge in [-0.25, -0.2) is 0 Å². The van der Waals surface area contributed by atoms with Gasteiger partial charge in [-0.2, -0.15) is 0 Å². The van der Waals surface area contributed by atoms with Crippen molar-refractivity contribution in [3.8, 4) is 0 Å². The molecule has 162 valence electrons. The number of rotatable bonds is 9. The van der Waals surface area contributed by atoms with Gasteiger partial charge in [-0.05, 0) is 12.1 Å². The highest BCUT2D eigenvalue weighted by molar-refractivity contribution is 6.01. The number of carbonyl (C=O) groups is 4. The summed E-state index contributed by atoms with van der Waals surface area (Å²) in [5.74, 6) is -2.10. The maximum atomic E-state index is 12.9. The van der Waals surface area contributed by atoms with Crippen LogP contribution in [0.3, 0.4) is 0 Å². The van der Waals surface area contributed by atoms with Crippen molar-refractivity contribution in [3.63, 3.8) is 0 Å². The van der Waals surface area contributed by atoms with Crippen LogP contribution in [0, 0.1) is 0 Å². The molecular weight excluding hydrogens is 408 g/mol. The van der Waals surface area contributed by atoms with Crippen molar-refractivity contribution in [1.82, 2.24) is 10.6 Å². The highest BCUT2D eigenvalue weighted by atomic mass is 16.5. The fourth-order valence-electron chi connectivity index (χ4n) is 2.91. The number of nitrogens with one attached hydrogen (secondary N) is 2. The van der Waals surface area contributed by atoms with Gasteiger partial charge in [-0.3, -0.25) is 19.2 Å². The molecule has 0 heterocycles. The van der Waals surface area contributed by atoms with E-state index in [1.807, 2.05) is 0 Å². The van der Waals surface area contributed by atoms with Crippen LogP contribution in [-0.4, -0.2) is 36.7 Å². The van der Waals surface area contributed by atoms with Crippen LogP contribution in [-0.2, 0) is 14.3 Å². The molecule has 7 nitrogen and oxygen atoms in total. The molecule has 0 bridgehead atoms. The van der Waals surface area contributed by atoms with Crippen molar-refractivity contribution in [2.75, 3.05) is 13.1 Å². The Kier molecular flexibility index (Phi) is 7.86. The topological polar surface area (TPSA) is 102 Å². The molecule has 7 heteroatoms. The van der Waals surface area contributed by atoms with Crippen LogP contribution in [0.25, 0.3) is 0 Å². The number of Topliss-reactive ketones (excluding diaryl/α,β-unsaturated/α-hetero) is 1. The fraction of sp³-hybridized carbons (Fsp3) is 0.120. The second kappa shape index (κ2) is 11.2. The van der Waals surface area contributed by atoms with Crippen molar-refractivity contribution in [3.05, 3.63) is 108 Å². The standard InChI is InChI=1S/C25H22N2O5/c28-21(16-27-25(31)20-14-8-3-9-15-20)26-17-22(29)32-24(19-12-6-2-7-13-19)23(30)18-10-4-1-5-11-18/h1-15,24H,16-17H2,(H,26,28)(H,27,31)/t24-/m0/s1. The van der Waals surface area contributed by atoms with E-state index in [9.17, 15) is 19.2 Å². The molecule has 0 saturated heterocycles. The molecule has 2 N–H and O–H groups in total. The predicted molar refractivity (Wildman–Crippen MR) is 118 cm³/mol. The lowest BCUT2D eigenvalue weighted by molar-refractivity contribution is -0.147. The summed E-state index contributed by atoms with van der Waals surface area (Å²) in [6.07, 6.45) is -1.14. The third kappa shape index (κ3) is 6.37. The third-order valence-electron chi connectivity index (χ3n) is 4.52. The second-order valence-corrected chi connectivity index (χ2v) is 6.84. The zero-order valence-corrected chi connectivity index (χ0v) is 17.2. The molecular formula is C25H22N2O5. The Morgan fingerprint density at radius 2 is 1.19 bits per heavy atom. The van der Waals surface area contributed by atoms with Gasteiger partial charge in [0.05, 0.1) is 6.54 Å². The summed E-state index contributed by atoms with van der Waals surface area (Å²) < 4.78 is 5.41. The molecule has 0 fully saturated rings. The smallest absolute Gasteiger partial charge is 0.326 e. The van der Waals surface area contributed by atoms with Crippen LogP contribution in [0.5, 0.6) is 0 Å². The molecule has 0 spiro atoms. The highest BCUT2D eigenvalue weighted by Gasteiger charge is 2.26. The lowest BCUT2D eigenvalue weighted by atomic mass is 10.00. The highest BCUT2D eigenvalue weighted by Crippen LogP contribution is 2.22. The average molecular weight is 430 g/mol. The van der Waals surface area contributed by atoms with Crippen LogP contribution in [0.2, 0.25) is 0 Å². The van der Waals surface area contributed by atoms with E-state index in [1.165, 1.54) is 0 Å². The first-order valence-corrected chi connectivity index (χ1v) is 9.98. The Labute approximate surface area is 185 Å². The lowest BCUT2D eigenvalue weighted by Crippen LogP contribution is -2.39. The Morgan fingerprint density at radius 3 is 1.78 bits per heavy atom. The van der Waals surface area contributed by atoms with Crippen LogP contribution < -0.4 is 10.6 Å². The summed E-state index contributed by atoms with van der Waals surface area (Å²) in [5.41, 5.74) is 1.35. The number of benzene rings is 3. The molecule has 3 rings (SSSR count). The number of amides is 2. The number of hydrogen-bond donors (Lipinski definition) is 2. The van der Waals surface area contributed by atoms with Crippen molar-refractivity contribution < 1.29 is 23.9 Å².